The van der Waals surface area contributed by atoms with Crippen LogP contribution in [0.1, 0.15) is 6.42 Å². The van der Waals surface area contributed by atoms with Crippen LogP contribution in [0.15, 0.2) is 18.3 Å². The van der Waals surface area contributed by atoms with E-state index in [0.717, 1.165) is 19.5 Å². The minimum absolute atomic E-state index is 0.0885. The molecular formula is C10H16N4O2. The summed E-state index contributed by atoms with van der Waals surface area (Å²) in [5, 5.41) is 13.8. The number of nitrogens with one attached hydrogen (secondary N) is 1. The number of pyridine rings is 1. The molecule has 0 atom stereocenters. The third-order valence-electron chi connectivity index (χ3n) is 2.27. The lowest BCUT2D eigenvalue weighted by Crippen LogP contribution is -2.23. The van der Waals surface area contributed by atoms with E-state index in [2.05, 4.69) is 10.3 Å². The third-order valence-corrected chi connectivity index (χ3v) is 2.27. The molecule has 1 aromatic heterocycles. The quantitative estimate of drug-likeness (QED) is 0.444. The molecule has 88 valence electrons. The summed E-state index contributed by atoms with van der Waals surface area (Å²) in [6.45, 7) is 1.64. The summed E-state index contributed by atoms with van der Waals surface area (Å²) in [7, 11) is 3.71. The van der Waals surface area contributed by atoms with Crippen LogP contribution in [0, 0.1) is 10.1 Å². The first-order valence-corrected chi connectivity index (χ1v) is 5.12. The van der Waals surface area contributed by atoms with Gasteiger partial charge in [0, 0.05) is 13.6 Å². The first-order valence-electron chi connectivity index (χ1n) is 5.12. The number of nitrogens with zero attached hydrogens (tertiary/aromatic N) is 3. The smallest absolute Gasteiger partial charge is 0.368 e. The van der Waals surface area contributed by atoms with Crippen LogP contribution < -0.4 is 10.2 Å². The van der Waals surface area contributed by atoms with E-state index in [9.17, 15) is 10.1 Å². The topological polar surface area (TPSA) is 71.3 Å². The SMILES string of the molecule is CNCCCN(C)c1cccnc1[N+](=O)[O-]. The largest absolute Gasteiger partial charge is 0.387 e. The molecule has 6 nitrogen and oxygen atoms in total. The minimum atomic E-state index is -0.454. The Bertz CT molecular complexity index is 356. The Morgan fingerprint density at radius 3 is 3.00 bits per heavy atom. The van der Waals surface area contributed by atoms with Crippen molar-refractivity contribution in [3.8, 4) is 0 Å². The van der Waals surface area contributed by atoms with Crippen LogP contribution in [0.4, 0.5) is 11.5 Å². The fourth-order valence-corrected chi connectivity index (χ4v) is 1.44. The second-order valence-corrected chi connectivity index (χ2v) is 3.48. The highest BCUT2D eigenvalue weighted by atomic mass is 16.6. The Morgan fingerprint density at radius 2 is 2.38 bits per heavy atom. The zero-order valence-corrected chi connectivity index (χ0v) is 9.51. The zero-order valence-electron chi connectivity index (χ0n) is 9.51. The van der Waals surface area contributed by atoms with Crippen LogP contribution in [0.2, 0.25) is 0 Å². The molecule has 16 heavy (non-hydrogen) atoms. The molecule has 0 aromatic carbocycles. The van der Waals surface area contributed by atoms with Gasteiger partial charge in [-0.15, -0.1) is 0 Å². The maximum absolute atomic E-state index is 10.8. The van der Waals surface area contributed by atoms with E-state index >= 15 is 0 Å². The number of nitro groups is 1. The summed E-state index contributed by atoms with van der Waals surface area (Å²) in [6, 6.07) is 3.42. The Labute approximate surface area is 94.4 Å². The molecule has 0 aliphatic rings. The average molecular weight is 224 g/mol. The molecule has 1 N–H and O–H groups in total. The van der Waals surface area contributed by atoms with Crippen molar-refractivity contribution in [1.29, 1.82) is 0 Å². The highest BCUT2D eigenvalue weighted by Crippen LogP contribution is 2.23. The summed E-state index contributed by atoms with van der Waals surface area (Å²) in [5.74, 6) is -0.0885. The maximum Gasteiger partial charge on any atom is 0.387 e. The van der Waals surface area contributed by atoms with Crippen molar-refractivity contribution < 1.29 is 4.92 Å². The van der Waals surface area contributed by atoms with Gasteiger partial charge in [-0.2, -0.15) is 0 Å². The summed E-state index contributed by atoms with van der Waals surface area (Å²) < 4.78 is 0. The number of rotatable bonds is 6. The van der Waals surface area contributed by atoms with Gasteiger partial charge in [-0.3, -0.25) is 0 Å². The Morgan fingerprint density at radius 1 is 1.62 bits per heavy atom. The maximum atomic E-state index is 10.8. The van der Waals surface area contributed by atoms with Crippen LogP contribution in [0.3, 0.4) is 0 Å². The summed E-state index contributed by atoms with van der Waals surface area (Å²) in [5.41, 5.74) is 0.559. The summed E-state index contributed by atoms with van der Waals surface area (Å²) in [6.07, 6.45) is 2.36. The molecule has 0 aliphatic carbocycles. The number of hydrogen-bond acceptors (Lipinski definition) is 5. The van der Waals surface area contributed by atoms with Crippen molar-refractivity contribution in [2.45, 2.75) is 6.42 Å². The van der Waals surface area contributed by atoms with Crippen molar-refractivity contribution in [2.75, 3.05) is 32.1 Å². The van der Waals surface area contributed by atoms with E-state index in [4.69, 9.17) is 0 Å². The second kappa shape index (κ2) is 6.02. The fourth-order valence-electron chi connectivity index (χ4n) is 1.44. The van der Waals surface area contributed by atoms with Crippen LogP contribution >= 0.6 is 0 Å². The first-order chi connectivity index (χ1) is 7.66. The van der Waals surface area contributed by atoms with Gasteiger partial charge < -0.3 is 20.3 Å². The monoisotopic (exact) mass is 224 g/mol. The minimum Gasteiger partial charge on any atom is -0.368 e. The lowest BCUT2D eigenvalue weighted by molar-refractivity contribution is -0.388. The molecule has 0 aliphatic heterocycles. The van der Waals surface area contributed by atoms with Gasteiger partial charge in [-0.1, -0.05) is 0 Å². The predicted octanol–water partition coefficient (Wildman–Crippen LogP) is 1.04. The molecule has 0 radical (unpaired) electrons. The Balaban J connectivity index is 2.74. The van der Waals surface area contributed by atoms with E-state index in [1.165, 1.54) is 6.20 Å². The van der Waals surface area contributed by atoms with Crippen molar-refractivity contribution >= 4 is 11.5 Å². The molecule has 0 saturated carbocycles. The highest BCUT2D eigenvalue weighted by molar-refractivity contribution is 5.58. The van der Waals surface area contributed by atoms with Gasteiger partial charge in [0.15, 0.2) is 0 Å². The summed E-state index contributed by atoms with van der Waals surface area (Å²) in [4.78, 5) is 15.9. The van der Waals surface area contributed by atoms with E-state index in [-0.39, 0.29) is 5.82 Å². The van der Waals surface area contributed by atoms with Crippen LogP contribution in [0.5, 0.6) is 0 Å². The molecule has 1 rings (SSSR count). The molecule has 1 aromatic rings. The van der Waals surface area contributed by atoms with Crippen molar-refractivity contribution in [3.05, 3.63) is 28.4 Å². The van der Waals surface area contributed by atoms with Gasteiger partial charge in [-0.25, -0.2) is 0 Å². The normalized spacial score (nSPS) is 10.1. The van der Waals surface area contributed by atoms with Gasteiger partial charge in [-0.05, 0) is 42.1 Å². The Kier molecular flexibility index (Phi) is 4.65. The molecule has 1 heterocycles. The second-order valence-electron chi connectivity index (χ2n) is 3.48. The molecular weight excluding hydrogens is 208 g/mol. The van der Waals surface area contributed by atoms with E-state index in [0.29, 0.717) is 5.69 Å². The van der Waals surface area contributed by atoms with Gasteiger partial charge >= 0.3 is 5.82 Å². The fraction of sp³-hybridized carbons (Fsp3) is 0.500. The Hall–Kier alpha value is -1.69. The number of anilines is 1. The van der Waals surface area contributed by atoms with E-state index < -0.39 is 4.92 Å². The number of aromatic nitrogens is 1. The first kappa shape index (κ1) is 12.4. The van der Waals surface area contributed by atoms with Crippen LogP contribution in [0.25, 0.3) is 0 Å². The lowest BCUT2D eigenvalue weighted by Gasteiger charge is -2.18. The number of hydrogen-bond donors (Lipinski definition) is 1. The molecule has 0 saturated heterocycles. The molecule has 0 amide bonds. The molecule has 0 fully saturated rings. The third kappa shape index (κ3) is 3.16. The standard InChI is InChI=1S/C10H16N4O2/c1-11-6-4-8-13(2)9-5-3-7-12-10(9)14(15)16/h3,5,7,11H,4,6,8H2,1-2H3. The van der Waals surface area contributed by atoms with Gasteiger partial charge in [0.25, 0.3) is 0 Å². The van der Waals surface area contributed by atoms with E-state index in [1.54, 1.807) is 12.1 Å². The highest BCUT2D eigenvalue weighted by Gasteiger charge is 2.16. The van der Waals surface area contributed by atoms with Crippen molar-refractivity contribution in [3.63, 3.8) is 0 Å². The molecule has 6 heteroatoms. The summed E-state index contributed by atoms with van der Waals surface area (Å²) >= 11 is 0. The predicted molar refractivity (Wildman–Crippen MR) is 62.7 cm³/mol. The van der Waals surface area contributed by atoms with Crippen molar-refractivity contribution in [1.82, 2.24) is 10.3 Å². The van der Waals surface area contributed by atoms with Gasteiger partial charge in [0.2, 0.25) is 0 Å². The average Bonchev–Trinajstić information content (AvgIpc) is 2.29. The van der Waals surface area contributed by atoms with E-state index in [1.807, 2.05) is 19.0 Å². The van der Waals surface area contributed by atoms with Crippen molar-refractivity contribution in [2.24, 2.45) is 0 Å². The van der Waals surface area contributed by atoms with Gasteiger partial charge in [0.1, 0.15) is 11.9 Å². The zero-order chi connectivity index (χ0) is 12.0. The van der Waals surface area contributed by atoms with Crippen LogP contribution in [-0.2, 0) is 0 Å². The molecule has 0 unspecified atom stereocenters. The lowest BCUT2D eigenvalue weighted by atomic mass is 10.3. The molecule has 0 bridgehead atoms. The van der Waals surface area contributed by atoms with Gasteiger partial charge in [0.05, 0.1) is 0 Å². The molecule has 0 spiro atoms. The van der Waals surface area contributed by atoms with Crippen LogP contribution in [-0.4, -0.2) is 37.1 Å².